The summed E-state index contributed by atoms with van der Waals surface area (Å²) in [5.74, 6) is -0.0949. The van der Waals surface area contributed by atoms with E-state index in [-0.39, 0.29) is 17.2 Å². The highest BCUT2D eigenvalue weighted by molar-refractivity contribution is 7.99. The number of carbonyl (C=O) groups excluding carboxylic acids is 1. The van der Waals surface area contributed by atoms with Crippen LogP contribution < -0.4 is 10.9 Å². The molecule has 0 fully saturated rings. The van der Waals surface area contributed by atoms with Crippen LogP contribution in [0.15, 0.2) is 70.5 Å². The largest absolute Gasteiger partial charge is 0.325 e. The van der Waals surface area contributed by atoms with Crippen LogP contribution in [0, 0.1) is 13.8 Å². The number of thioether (sulfide) groups is 1. The molecule has 33 heavy (non-hydrogen) atoms. The summed E-state index contributed by atoms with van der Waals surface area (Å²) in [6.07, 6.45) is 1.66. The molecule has 8 heteroatoms. The highest BCUT2D eigenvalue weighted by atomic mass is 35.5. The average molecular weight is 496 g/mol. The number of anilines is 1. The minimum Gasteiger partial charge on any atom is -0.325 e. The maximum absolute atomic E-state index is 13.4. The molecule has 0 aliphatic carbocycles. The van der Waals surface area contributed by atoms with E-state index in [1.54, 1.807) is 22.8 Å². The van der Waals surface area contributed by atoms with Gasteiger partial charge in [0.25, 0.3) is 5.56 Å². The number of aryl methyl sites for hydroxylation is 2. The van der Waals surface area contributed by atoms with Crippen molar-refractivity contribution in [1.82, 2.24) is 9.55 Å². The number of halogens is 1. The van der Waals surface area contributed by atoms with Crippen LogP contribution in [0.1, 0.15) is 11.1 Å². The first-order chi connectivity index (χ1) is 15.9. The van der Waals surface area contributed by atoms with Gasteiger partial charge in [-0.05, 0) is 37.1 Å². The lowest BCUT2D eigenvalue weighted by Gasteiger charge is -2.11. The highest BCUT2D eigenvalue weighted by Gasteiger charge is 2.18. The number of carbonyl (C=O) groups is 1. The lowest BCUT2D eigenvalue weighted by molar-refractivity contribution is -0.113. The number of nitrogens with one attached hydrogen (secondary N) is 1. The molecule has 0 aliphatic heterocycles. The number of hydrogen-bond acceptors (Lipinski definition) is 5. The molecule has 168 valence electrons. The van der Waals surface area contributed by atoms with Gasteiger partial charge < -0.3 is 5.32 Å². The summed E-state index contributed by atoms with van der Waals surface area (Å²) in [4.78, 5) is 31.3. The molecule has 0 aliphatic rings. The summed E-state index contributed by atoms with van der Waals surface area (Å²) in [5, 5.41) is 6.47. The summed E-state index contributed by atoms with van der Waals surface area (Å²) in [6.45, 7) is 8.02. The molecule has 0 atom stereocenters. The number of amides is 1. The molecule has 1 amide bonds. The molecule has 5 nitrogen and oxygen atoms in total. The predicted octanol–water partition coefficient (Wildman–Crippen LogP) is 6.31. The summed E-state index contributed by atoms with van der Waals surface area (Å²) in [7, 11) is 0. The average Bonchev–Trinajstić information content (AvgIpc) is 3.22. The Kier molecular flexibility index (Phi) is 7.02. The Balaban J connectivity index is 1.62. The number of nitrogens with zero attached hydrogens (tertiary/aromatic N) is 2. The van der Waals surface area contributed by atoms with Crippen molar-refractivity contribution in [1.29, 1.82) is 0 Å². The number of fused-ring (bicyclic) bond motifs is 1. The Labute approximate surface area is 205 Å². The zero-order valence-electron chi connectivity index (χ0n) is 18.2. The molecule has 2 heterocycles. The topological polar surface area (TPSA) is 64.0 Å². The van der Waals surface area contributed by atoms with Gasteiger partial charge in [-0.15, -0.1) is 17.9 Å². The van der Waals surface area contributed by atoms with Gasteiger partial charge in [0.1, 0.15) is 4.83 Å². The maximum Gasteiger partial charge on any atom is 0.263 e. The van der Waals surface area contributed by atoms with Gasteiger partial charge in [-0.2, -0.15) is 0 Å². The molecule has 1 N–H and O–H groups in total. The van der Waals surface area contributed by atoms with Crippen molar-refractivity contribution < 1.29 is 4.79 Å². The lowest BCUT2D eigenvalue weighted by Crippen LogP contribution is -2.23. The van der Waals surface area contributed by atoms with E-state index in [1.165, 1.54) is 23.1 Å². The SMILES string of the molecule is C=CCn1c(SCC(=O)Nc2ccc(C)c(Cl)c2)nc2scc(-c3ccc(C)cc3)c2c1=O. The van der Waals surface area contributed by atoms with Crippen molar-refractivity contribution in [3.63, 3.8) is 0 Å². The third-order valence-electron chi connectivity index (χ3n) is 5.12. The first-order valence-corrected chi connectivity index (χ1v) is 12.5. The second-order valence-corrected chi connectivity index (χ2v) is 9.80. The molecular formula is C25H22ClN3O2S2. The van der Waals surface area contributed by atoms with E-state index < -0.39 is 0 Å². The smallest absolute Gasteiger partial charge is 0.263 e. The zero-order chi connectivity index (χ0) is 23.5. The summed E-state index contributed by atoms with van der Waals surface area (Å²) in [6, 6.07) is 13.5. The van der Waals surface area contributed by atoms with Gasteiger partial charge in [-0.25, -0.2) is 4.98 Å². The minimum absolute atomic E-state index is 0.108. The summed E-state index contributed by atoms with van der Waals surface area (Å²) >= 11 is 8.79. The molecule has 0 bridgehead atoms. The second-order valence-electron chi connectivity index (χ2n) is 7.60. The molecule has 2 aromatic carbocycles. The molecular weight excluding hydrogens is 474 g/mol. The van der Waals surface area contributed by atoms with Gasteiger partial charge in [0.15, 0.2) is 5.16 Å². The van der Waals surface area contributed by atoms with Gasteiger partial charge in [0.2, 0.25) is 5.91 Å². The number of aromatic nitrogens is 2. The number of allylic oxidation sites excluding steroid dienone is 1. The van der Waals surface area contributed by atoms with Crippen LogP contribution in [-0.4, -0.2) is 21.2 Å². The number of rotatable bonds is 7. The fourth-order valence-electron chi connectivity index (χ4n) is 3.35. The van der Waals surface area contributed by atoms with Crippen molar-refractivity contribution in [2.45, 2.75) is 25.5 Å². The lowest BCUT2D eigenvalue weighted by atomic mass is 10.1. The van der Waals surface area contributed by atoms with Gasteiger partial charge in [-0.3, -0.25) is 14.2 Å². The van der Waals surface area contributed by atoms with Gasteiger partial charge in [-0.1, -0.05) is 65.3 Å². The van der Waals surface area contributed by atoms with Crippen LogP contribution in [0.25, 0.3) is 21.3 Å². The Morgan fingerprint density at radius 1 is 1.24 bits per heavy atom. The second kappa shape index (κ2) is 9.95. The molecule has 0 spiro atoms. The number of hydrogen-bond donors (Lipinski definition) is 1. The van der Waals surface area contributed by atoms with Crippen LogP contribution in [-0.2, 0) is 11.3 Å². The van der Waals surface area contributed by atoms with Crippen LogP contribution in [0.3, 0.4) is 0 Å². The van der Waals surface area contributed by atoms with Crippen molar-refractivity contribution in [2.24, 2.45) is 0 Å². The number of thiophene rings is 1. The molecule has 4 rings (SSSR count). The van der Waals surface area contributed by atoms with E-state index in [9.17, 15) is 9.59 Å². The quantitative estimate of drug-likeness (QED) is 0.185. The van der Waals surface area contributed by atoms with Crippen molar-refractivity contribution in [3.05, 3.63) is 87.0 Å². The predicted molar refractivity (Wildman–Crippen MR) is 140 cm³/mol. The molecule has 2 aromatic heterocycles. The van der Waals surface area contributed by atoms with E-state index >= 15 is 0 Å². The molecule has 0 radical (unpaired) electrons. The highest BCUT2D eigenvalue weighted by Crippen LogP contribution is 2.32. The van der Waals surface area contributed by atoms with E-state index in [4.69, 9.17) is 16.6 Å². The van der Waals surface area contributed by atoms with E-state index in [2.05, 4.69) is 11.9 Å². The molecule has 0 saturated heterocycles. The van der Waals surface area contributed by atoms with E-state index in [0.29, 0.717) is 32.6 Å². The monoisotopic (exact) mass is 495 g/mol. The van der Waals surface area contributed by atoms with Crippen LogP contribution in [0.2, 0.25) is 5.02 Å². The minimum atomic E-state index is -0.203. The van der Waals surface area contributed by atoms with E-state index in [1.807, 2.05) is 49.6 Å². The number of benzene rings is 2. The summed E-state index contributed by atoms with van der Waals surface area (Å²) < 4.78 is 1.57. The summed E-state index contributed by atoms with van der Waals surface area (Å²) in [5.41, 5.74) is 4.44. The van der Waals surface area contributed by atoms with Crippen molar-refractivity contribution in [2.75, 3.05) is 11.1 Å². The zero-order valence-corrected chi connectivity index (χ0v) is 20.6. The van der Waals surface area contributed by atoms with Crippen LogP contribution >= 0.6 is 34.7 Å². The molecule has 0 unspecified atom stereocenters. The van der Waals surface area contributed by atoms with Crippen molar-refractivity contribution in [3.8, 4) is 11.1 Å². The Morgan fingerprint density at radius 2 is 2.00 bits per heavy atom. The maximum atomic E-state index is 13.4. The fraction of sp³-hybridized carbons (Fsp3) is 0.160. The van der Waals surface area contributed by atoms with Gasteiger partial charge >= 0.3 is 0 Å². The Hall–Kier alpha value is -2.87. The van der Waals surface area contributed by atoms with E-state index in [0.717, 1.165) is 22.3 Å². The van der Waals surface area contributed by atoms with Gasteiger partial charge in [0.05, 0.1) is 11.1 Å². The fourth-order valence-corrected chi connectivity index (χ4v) is 5.33. The third kappa shape index (κ3) is 5.05. The third-order valence-corrected chi connectivity index (χ3v) is 7.38. The van der Waals surface area contributed by atoms with Crippen LogP contribution in [0.5, 0.6) is 0 Å². The first-order valence-electron chi connectivity index (χ1n) is 10.3. The standard InChI is InChI=1S/C25H22ClN3O2S2/c1-4-11-29-24(31)22-19(17-8-5-15(2)6-9-17)13-32-23(22)28-25(29)33-14-21(30)27-18-10-7-16(3)20(26)12-18/h4-10,12-13H,1,11,14H2,2-3H3,(H,27,30). The Morgan fingerprint density at radius 3 is 2.70 bits per heavy atom. The normalized spacial score (nSPS) is 11.0. The first kappa shape index (κ1) is 23.3. The van der Waals surface area contributed by atoms with Crippen LogP contribution in [0.4, 0.5) is 5.69 Å². The Bertz CT molecular complexity index is 1410. The molecule has 4 aromatic rings. The van der Waals surface area contributed by atoms with Gasteiger partial charge in [0, 0.05) is 28.2 Å². The van der Waals surface area contributed by atoms with Crippen molar-refractivity contribution >= 4 is 56.5 Å². The molecule has 0 saturated carbocycles.